The summed E-state index contributed by atoms with van der Waals surface area (Å²) in [5.74, 6) is 7.67. The first-order chi connectivity index (χ1) is 9.12. The number of likely N-dealkylation sites (N-methyl/N-ethyl adjacent to an activating group) is 1. The van der Waals surface area contributed by atoms with Crippen LogP contribution in [0.4, 0.5) is 11.6 Å². The van der Waals surface area contributed by atoms with Crippen molar-refractivity contribution in [2.24, 2.45) is 5.84 Å². The summed E-state index contributed by atoms with van der Waals surface area (Å²) < 4.78 is 0. The quantitative estimate of drug-likeness (QED) is 0.488. The zero-order valence-electron chi connectivity index (χ0n) is 12.4. The van der Waals surface area contributed by atoms with Crippen LogP contribution in [-0.2, 0) is 6.42 Å². The van der Waals surface area contributed by atoms with Crippen LogP contribution in [0, 0.1) is 0 Å². The maximum Gasteiger partial charge on any atom is 0.145 e. The number of rotatable bonds is 8. The fraction of sp³-hybridized carbons (Fsp3) is 0.692. The Labute approximate surface area is 115 Å². The highest BCUT2D eigenvalue weighted by Crippen LogP contribution is 2.12. The van der Waals surface area contributed by atoms with Crippen LogP contribution in [-0.4, -0.2) is 40.5 Å². The van der Waals surface area contributed by atoms with Crippen molar-refractivity contribution >= 4 is 11.6 Å². The lowest BCUT2D eigenvalue weighted by atomic mass is 10.3. The Morgan fingerprint density at radius 2 is 1.84 bits per heavy atom. The molecule has 6 nitrogen and oxygen atoms in total. The number of hydrogen-bond acceptors (Lipinski definition) is 6. The number of nitrogens with two attached hydrogens (primary N) is 1. The van der Waals surface area contributed by atoms with Crippen LogP contribution in [0.25, 0.3) is 0 Å². The van der Waals surface area contributed by atoms with E-state index in [1.165, 1.54) is 0 Å². The van der Waals surface area contributed by atoms with E-state index in [1.807, 2.05) is 13.0 Å². The highest BCUT2D eigenvalue weighted by atomic mass is 15.3. The van der Waals surface area contributed by atoms with E-state index in [2.05, 4.69) is 46.4 Å². The maximum absolute atomic E-state index is 5.42. The molecule has 1 atom stereocenters. The number of nitrogen functional groups attached to an aromatic ring is 1. The molecule has 0 radical (unpaired) electrons. The summed E-state index contributed by atoms with van der Waals surface area (Å²) in [6.07, 6.45) is 0.786. The molecular formula is C13H26N6. The molecule has 4 N–H and O–H groups in total. The van der Waals surface area contributed by atoms with Crippen molar-refractivity contribution in [1.82, 2.24) is 14.9 Å². The van der Waals surface area contributed by atoms with Crippen LogP contribution in [0.2, 0.25) is 0 Å². The van der Waals surface area contributed by atoms with Gasteiger partial charge in [0.15, 0.2) is 0 Å². The third-order valence-electron chi connectivity index (χ3n) is 3.06. The van der Waals surface area contributed by atoms with Gasteiger partial charge in [0.25, 0.3) is 0 Å². The first-order valence-electron chi connectivity index (χ1n) is 6.96. The highest BCUT2D eigenvalue weighted by Gasteiger charge is 2.09. The zero-order valence-corrected chi connectivity index (χ0v) is 12.4. The first-order valence-corrected chi connectivity index (χ1v) is 6.96. The van der Waals surface area contributed by atoms with E-state index in [9.17, 15) is 0 Å². The molecule has 0 aliphatic rings. The second-order valence-corrected chi connectivity index (χ2v) is 4.58. The molecule has 6 heteroatoms. The van der Waals surface area contributed by atoms with E-state index < -0.39 is 0 Å². The molecule has 0 saturated heterocycles. The van der Waals surface area contributed by atoms with Crippen molar-refractivity contribution in [3.05, 3.63) is 11.9 Å². The van der Waals surface area contributed by atoms with Gasteiger partial charge in [-0.2, -0.15) is 0 Å². The minimum Gasteiger partial charge on any atom is -0.366 e. The van der Waals surface area contributed by atoms with Gasteiger partial charge in [0.1, 0.15) is 17.5 Å². The average molecular weight is 266 g/mol. The second-order valence-electron chi connectivity index (χ2n) is 4.58. The zero-order chi connectivity index (χ0) is 14.3. The van der Waals surface area contributed by atoms with Crippen LogP contribution in [0.3, 0.4) is 0 Å². The Kier molecular flexibility index (Phi) is 6.52. The summed E-state index contributed by atoms with van der Waals surface area (Å²) >= 11 is 0. The van der Waals surface area contributed by atoms with Gasteiger partial charge in [-0.05, 0) is 20.0 Å². The Balaban J connectivity index is 2.69. The number of nitrogens with one attached hydrogen (secondary N) is 2. The van der Waals surface area contributed by atoms with Gasteiger partial charge in [0, 0.05) is 25.1 Å². The maximum atomic E-state index is 5.42. The molecule has 0 saturated carbocycles. The molecule has 1 aromatic heterocycles. The fourth-order valence-corrected chi connectivity index (χ4v) is 1.97. The Bertz CT molecular complexity index is 355. The van der Waals surface area contributed by atoms with Crippen LogP contribution < -0.4 is 16.6 Å². The number of hydrogen-bond donors (Lipinski definition) is 3. The Morgan fingerprint density at radius 3 is 2.37 bits per heavy atom. The number of aromatic nitrogens is 2. The van der Waals surface area contributed by atoms with Crippen LogP contribution >= 0.6 is 0 Å². The van der Waals surface area contributed by atoms with Gasteiger partial charge in [-0.25, -0.2) is 15.8 Å². The average Bonchev–Trinajstić information content (AvgIpc) is 2.44. The van der Waals surface area contributed by atoms with Crippen LogP contribution in [0.1, 0.15) is 33.5 Å². The van der Waals surface area contributed by atoms with Gasteiger partial charge in [-0.1, -0.05) is 20.8 Å². The number of hydrazine groups is 1. The van der Waals surface area contributed by atoms with Crippen LogP contribution in [0.5, 0.6) is 0 Å². The van der Waals surface area contributed by atoms with Gasteiger partial charge in [-0.15, -0.1) is 0 Å². The second kappa shape index (κ2) is 7.91. The monoisotopic (exact) mass is 266 g/mol. The lowest BCUT2D eigenvalue weighted by molar-refractivity contribution is 0.294. The number of nitrogens with zero attached hydrogens (tertiary/aromatic N) is 3. The summed E-state index contributed by atoms with van der Waals surface area (Å²) in [5.41, 5.74) is 2.58. The molecule has 1 rings (SSSR count). The summed E-state index contributed by atoms with van der Waals surface area (Å²) in [5, 5.41) is 3.40. The van der Waals surface area contributed by atoms with Gasteiger partial charge < -0.3 is 15.6 Å². The molecule has 1 aromatic rings. The molecule has 1 heterocycles. The predicted octanol–water partition coefficient (Wildman–Crippen LogP) is 1.47. The Morgan fingerprint density at radius 1 is 1.21 bits per heavy atom. The van der Waals surface area contributed by atoms with E-state index in [-0.39, 0.29) is 0 Å². The topological polar surface area (TPSA) is 79.1 Å². The summed E-state index contributed by atoms with van der Waals surface area (Å²) in [4.78, 5) is 11.1. The summed E-state index contributed by atoms with van der Waals surface area (Å²) in [6, 6.07) is 2.16. The normalized spacial score (nSPS) is 12.5. The number of aryl methyl sites for hydroxylation is 1. The smallest absolute Gasteiger partial charge is 0.145 e. The SMILES string of the molecule is CCc1nc(NN)cc(NC(C)CN(CC)CC)n1. The fourth-order valence-electron chi connectivity index (χ4n) is 1.97. The molecule has 0 aliphatic carbocycles. The molecule has 0 aromatic carbocycles. The van der Waals surface area contributed by atoms with Crippen molar-refractivity contribution in [2.75, 3.05) is 30.4 Å². The van der Waals surface area contributed by atoms with E-state index >= 15 is 0 Å². The van der Waals surface area contributed by atoms with Gasteiger partial charge >= 0.3 is 0 Å². The number of anilines is 2. The Hall–Kier alpha value is -1.40. The molecule has 1 unspecified atom stereocenters. The standard InChI is InChI=1S/C13H26N6/c1-5-11-16-12(8-13(17-11)18-14)15-10(4)9-19(6-2)7-3/h8,10H,5-7,9,14H2,1-4H3,(H2,15,16,17,18). The van der Waals surface area contributed by atoms with Crippen molar-refractivity contribution in [1.29, 1.82) is 0 Å². The minimum atomic E-state index is 0.324. The van der Waals surface area contributed by atoms with Gasteiger partial charge in [-0.3, -0.25) is 0 Å². The van der Waals surface area contributed by atoms with Gasteiger partial charge in [0.05, 0.1) is 0 Å². The van der Waals surface area contributed by atoms with Gasteiger partial charge in [0.2, 0.25) is 0 Å². The van der Waals surface area contributed by atoms with Crippen molar-refractivity contribution in [3.8, 4) is 0 Å². The molecule has 0 fully saturated rings. The molecule has 0 spiro atoms. The van der Waals surface area contributed by atoms with Crippen molar-refractivity contribution in [3.63, 3.8) is 0 Å². The third kappa shape index (κ3) is 5.00. The minimum absolute atomic E-state index is 0.324. The third-order valence-corrected chi connectivity index (χ3v) is 3.06. The summed E-state index contributed by atoms with van der Waals surface area (Å²) in [6.45, 7) is 11.6. The van der Waals surface area contributed by atoms with E-state index in [0.717, 1.165) is 37.7 Å². The lowest BCUT2D eigenvalue weighted by Crippen LogP contribution is -2.35. The highest BCUT2D eigenvalue weighted by molar-refractivity contribution is 5.47. The van der Waals surface area contributed by atoms with Crippen LogP contribution in [0.15, 0.2) is 6.07 Å². The van der Waals surface area contributed by atoms with Crippen molar-refractivity contribution in [2.45, 2.75) is 40.2 Å². The molecule has 0 amide bonds. The molecule has 19 heavy (non-hydrogen) atoms. The molecule has 0 bridgehead atoms. The first kappa shape index (κ1) is 15.7. The van der Waals surface area contributed by atoms with E-state index in [1.54, 1.807) is 0 Å². The van der Waals surface area contributed by atoms with Crippen molar-refractivity contribution < 1.29 is 0 Å². The molecular weight excluding hydrogens is 240 g/mol. The largest absolute Gasteiger partial charge is 0.366 e. The summed E-state index contributed by atoms with van der Waals surface area (Å²) in [7, 11) is 0. The lowest BCUT2D eigenvalue weighted by Gasteiger charge is -2.24. The van der Waals surface area contributed by atoms with E-state index in [4.69, 9.17) is 5.84 Å². The molecule has 0 aliphatic heterocycles. The predicted molar refractivity (Wildman–Crippen MR) is 80.1 cm³/mol. The van der Waals surface area contributed by atoms with E-state index in [0.29, 0.717) is 11.9 Å². The molecule has 108 valence electrons.